The van der Waals surface area contributed by atoms with Crippen LogP contribution in [-0.4, -0.2) is 28.7 Å². The number of hydrogen-bond donors (Lipinski definition) is 0. The van der Waals surface area contributed by atoms with Gasteiger partial charge in [0.15, 0.2) is 9.84 Å². The Hall–Kier alpha value is -2.06. The van der Waals surface area contributed by atoms with Crippen molar-refractivity contribution in [2.24, 2.45) is 0 Å². The van der Waals surface area contributed by atoms with Gasteiger partial charge in [-0.2, -0.15) is 0 Å². The second-order valence-electron chi connectivity index (χ2n) is 4.91. The van der Waals surface area contributed by atoms with E-state index in [9.17, 15) is 13.2 Å². The van der Waals surface area contributed by atoms with Crippen molar-refractivity contribution >= 4 is 36.7 Å². The van der Waals surface area contributed by atoms with Gasteiger partial charge in [-0.25, -0.2) is 13.4 Å². The number of nitrogens with zero attached hydrogens (tertiary/aromatic N) is 3. The third kappa shape index (κ3) is 3.32. The molecule has 0 fully saturated rings. The van der Waals surface area contributed by atoms with Crippen LogP contribution in [0.4, 0.5) is 0 Å². The highest BCUT2D eigenvalue weighted by Gasteiger charge is 2.15. The Kier molecular flexibility index (Phi) is 4.27. The van der Waals surface area contributed by atoms with Gasteiger partial charge in [-0.05, 0) is 24.3 Å². The monoisotopic (exact) mass is 393 g/mol. The van der Waals surface area contributed by atoms with Crippen LogP contribution < -0.4 is 5.56 Å². The lowest BCUT2D eigenvalue weighted by molar-refractivity contribution is 0.586. The van der Waals surface area contributed by atoms with Crippen LogP contribution in [0.5, 0.6) is 0 Å². The Balaban J connectivity index is 1.89. The summed E-state index contributed by atoms with van der Waals surface area (Å²) in [6, 6.07) is 8.07. The lowest BCUT2D eigenvalue weighted by atomic mass is 10.3. The molecule has 0 aliphatic carbocycles. The second kappa shape index (κ2) is 6.21. The topological polar surface area (TPSA) is 81.9 Å². The fourth-order valence-electron chi connectivity index (χ4n) is 2.17. The number of halogens is 1. The maximum absolute atomic E-state index is 12.4. The molecule has 23 heavy (non-hydrogen) atoms. The van der Waals surface area contributed by atoms with Gasteiger partial charge >= 0.3 is 0 Å². The Labute approximate surface area is 140 Å². The predicted octanol–water partition coefficient (Wildman–Crippen LogP) is 2.03. The Morgan fingerprint density at radius 2 is 2.04 bits per heavy atom. The first-order valence-corrected chi connectivity index (χ1v) is 9.19. The fourth-order valence-corrected chi connectivity index (χ4v) is 3.98. The predicted molar refractivity (Wildman–Crippen MR) is 90.0 cm³/mol. The third-order valence-electron chi connectivity index (χ3n) is 3.38. The van der Waals surface area contributed by atoms with Crippen molar-refractivity contribution in [2.45, 2.75) is 11.4 Å². The summed E-state index contributed by atoms with van der Waals surface area (Å²) in [7, 11) is -3.48. The van der Waals surface area contributed by atoms with Gasteiger partial charge in [0, 0.05) is 17.2 Å². The van der Waals surface area contributed by atoms with E-state index in [1.807, 2.05) is 0 Å². The van der Waals surface area contributed by atoms with Crippen molar-refractivity contribution in [2.75, 3.05) is 5.75 Å². The van der Waals surface area contributed by atoms with Crippen LogP contribution in [0.2, 0.25) is 0 Å². The quantitative estimate of drug-likeness (QED) is 0.677. The van der Waals surface area contributed by atoms with Gasteiger partial charge in [0.2, 0.25) is 0 Å². The van der Waals surface area contributed by atoms with Crippen LogP contribution in [0, 0.1) is 0 Å². The smallest absolute Gasteiger partial charge is 0.261 e. The van der Waals surface area contributed by atoms with E-state index in [4.69, 9.17) is 0 Å². The standard InChI is InChI=1S/C15H12BrN3O3S/c16-11-2-1-3-12(8-11)23(21,22)7-6-19-10-18-14-9-17-5-4-13(14)15(19)20/h1-5,8-10H,6-7H2. The Morgan fingerprint density at radius 3 is 2.83 bits per heavy atom. The van der Waals surface area contributed by atoms with Crippen LogP contribution in [0.3, 0.4) is 0 Å². The van der Waals surface area contributed by atoms with Crippen LogP contribution in [0.1, 0.15) is 0 Å². The molecule has 3 aromatic rings. The molecule has 0 radical (unpaired) electrons. The molecule has 0 N–H and O–H groups in total. The number of benzene rings is 1. The maximum Gasteiger partial charge on any atom is 0.261 e. The van der Waals surface area contributed by atoms with Crippen LogP contribution in [-0.2, 0) is 16.4 Å². The second-order valence-corrected chi connectivity index (χ2v) is 7.94. The molecule has 2 aromatic heterocycles. The minimum absolute atomic E-state index is 0.0406. The zero-order chi connectivity index (χ0) is 16.4. The van der Waals surface area contributed by atoms with E-state index in [-0.39, 0.29) is 22.8 Å². The van der Waals surface area contributed by atoms with E-state index in [1.54, 1.807) is 24.3 Å². The van der Waals surface area contributed by atoms with Crippen molar-refractivity contribution in [3.05, 3.63) is 63.9 Å². The summed E-state index contributed by atoms with van der Waals surface area (Å²) in [5.41, 5.74) is 0.213. The molecule has 3 rings (SSSR count). The Bertz CT molecular complexity index is 1030. The van der Waals surface area contributed by atoms with Gasteiger partial charge in [-0.15, -0.1) is 0 Å². The molecular formula is C15H12BrN3O3S. The summed E-state index contributed by atoms with van der Waals surface area (Å²) < 4.78 is 26.7. The maximum atomic E-state index is 12.4. The van der Waals surface area contributed by atoms with Crippen LogP contribution in [0.25, 0.3) is 10.9 Å². The minimum Gasteiger partial charge on any atom is -0.298 e. The molecule has 8 heteroatoms. The molecule has 1 aromatic carbocycles. The largest absolute Gasteiger partial charge is 0.298 e. The van der Waals surface area contributed by atoms with Crippen molar-refractivity contribution in [3.8, 4) is 0 Å². The first-order chi connectivity index (χ1) is 11.0. The summed E-state index contributed by atoms with van der Waals surface area (Å²) in [4.78, 5) is 20.6. The van der Waals surface area contributed by atoms with Gasteiger partial charge < -0.3 is 0 Å². The molecule has 0 atom stereocenters. The third-order valence-corrected chi connectivity index (χ3v) is 5.57. The zero-order valence-corrected chi connectivity index (χ0v) is 14.3. The zero-order valence-electron chi connectivity index (χ0n) is 11.9. The average molecular weight is 394 g/mol. The van der Waals surface area contributed by atoms with Crippen molar-refractivity contribution in [1.82, 2.24) is 14.5 Å². The summed E-state index contributed by atoms with van der Waals surface area (Å²) in [6.07, 6.45) is 4.36. The van der Waals surface area contributed by atoms with Crippen molar-refractivity contribution in [1.29, 1.82) is 0 Å². The lowest BCUT2D eigenvalue weighted by Crippen LogP contribution is -2.24. The molecule has 0 spiro atoms. The molecule has 118 valence electrons. The lowest BCUT2D eigenvalue weighted by Gasteiger charge is -2.08. The van der Waals surface area contributed by atoms with Crippen molar-refractivity contribution < 1.29 is 8.42 Å². The molecule has 0 saturated carbocycles. The Morgan fingerprint density at radius 1 is 1.22 bits per heavy atom. The number of aryl methyl sites for hydroxylation is 1. The number of fused-ring (bicyclic) bond motifs is 1. The first kappa shape index (κ1) is 15.8. The van der Waals surface area contributed by atoms with Gasteiger partial charge in [-0.3, -0.25) is 14.3 Å². The molecule has 0 unspecified atom stereocenters. The van der Waals surface area contributed by atoms with E-state index in [0.29, 0.717) is 15.4 Å². The summed E-state index contributed by atoms with van der Waals surface area (Å²) >= 11 is 3.25. The normalized spacial score (nSPS) is 11.7. The molecular weight excluding hydrogens is 382 g/mol. The molecule has 0 bridgehead atoms. The molecule has 0 aliphatic rings. The van der Waals surface area contributed by atoms with Gasteiger partial charge in [0.1, 0.15) is 0 Å². The minimum atomic E-state index is -3.48. The summed E-state index contributed by atoms with van der Waals surface area (Å²) in [6.45, 7) is 0.0406. The van der Waals surface area contributed by atoms with E-state index >= 15 is 0 Å². The van der Waals surface area contributed by atoms with Crippen molar-refractivity contribution in [3.63, 3.8) is 0 Å². The summed E-state index contributed by atoms with van der Waals surface area (Å²) in [5.74, 6) is -0.179. The first-order valence-electron chi connectivity index (χ1n) is 6.75. The van der Waals surface area contributed by atoms with Gasteiger partial charge in [-0.1, -0.05) is 22.0 Å². The number of pyridine rings is 1. The number of hydrogen-bond acceptors (Lipinski definition) is 5. The molecule has 6 nitrogen and oxygen atoms in total. The van der Waals surface area contributed by atoms with Gasteiger partial charge in [0.25, 0.3) is 5.56 Å². The fraction of sp³-hybridized carbons (Fsp3) is 0.133. The van der Waals surface area contributed by atoms with Gasteiger partial charge in [0.05, 0.1) is 34.1 Å². The molecule has 0 amide bonds. The number of rotatable bonds is 4. The van der Waals surface area contributed by atoms with E-state index < -0.39 is 9.84 Å². The highest BCUT2D eigenvalue weighted by atomic mass is 79.9. The molecule has 0 aliphatic heterocycles. The average Bonchev–Trinajstić information content (AvgIpc) is 2.54. The van der Waals surface area contributed by atoms with Crippen LogP contribution >= 0.6 is 15.9 Å². The number of aromatic nitrogens is 3. The highest BCUT2D eigenvalue weighted by molar-refractivity contribution is 9.10. The van der Waals surface area contributed by atoms with E-state index in [0.717, 1.165) is 0 Å². The molecule has 0 saturated heterocycles. The van der Waals surface area contributed by atoms with Crippen LogP contribution in [0.15, 0.2) is 63.2 Å². The highest BCUT2D eigenvalue weighted by Crippen LogP contribution is 2.17. The van der Waals surface area contributed by atoms with E-state index in [2.05, 4.69) is 25.9 Å². The molecule has 2 heterocycles. The summed E-state index contributed by atoms with van der Waals surface area (Å²) in [5, 5.41) is 0.419. The number of sulfone groups is 1. The SMILES string of the molecule is O=c1c2ccncc2ncn1CCS(=O)(=O)c1cccc(Br)c1. The van der Waals surface area contributed by atoms with E-state index in [1.165, 1.54) is 29.4 Å².